The van der Waals surface area contributed by atoms with E-state index in [4.69, 9.17) is 0 Å². The number of nitrogens with one attached hydrogen (secondary N) is 2. The van der Waals surface area contributed by atoms with Crippen molar-refractivity contribution < 1.29 is 4.79 Å². The first-order chi connectivity index (χ1) is 8.18. The number of aromatic amines is 1. The average Bonchev–Trinajstić information content (AvgIpc) is 2.75. The van der Waals surface area contributed by atoms with Gasteiger partial charge in [0.2, 0.25) is 5.91 Å². The number of rotatable bonds is 8. The molecule has 0 atom stereocenters. The zero-order valence-electron chi connectivity index (χ0n) is 10.8. The first-order valence-electron chi connectivity index (χ1n) is 6.38. The molecule has 0 saturated heterocycles. The van der Waals surface area contributed by atoms with Crippen molar-refractivity contribution in [1.29, 1.82) is 0 Å². The third kappa shape index (κ3) is 6.76. The molecular formula is C13H22N3O. The summed E-state index contributed by atoms with van der Waals surface area (Å²) < 4.78 is 0. The summed E-state index contributed by atoms with van der Waals surface area (Å²) in [6, 6.07) is 0.248. The van der Waals surface area contributed by atoms with Crippen LogP contribution in [0.3, 0.4) is 0 Å². The summed E-state index contributed by atoms with van der Waals surface area (Å²) in [5.74, 6) is 1.17. The number of amides is 1. The van der Waals surface area contributed by atoms with Crippen LogP contribution in [-0.2, 0) is 11.2 Å². The molecule has 0 aliphatic rings. The highest BCUT2D eigenvalue weighted by atomic mass is 16.1. The highest BCUT2D eigenvalue weighted by Gasteiger charge is 2.02. The average molecular weight is 236 g/mol. The summed E-state index contributed by atoms with van der Waals surface area (Å²) in [6.07, 6.45) is 10.5. The Bertz CT molecular complexity index is 306. The van der Waals surface area contributed by atoms with E-state index >= 15 is 0 Å². The zero-order chi connectivity index (χ0) is 12.5. The van der Waals surface area contributed by atoms with Gasteiger partial charge >= 0.3 is 0 Å². The fourth-order valence-electron chi connectivity index (χ4n) is 1.71. The predicted molar refractivity (Wildman–Crippen MR) is 67.5 cm³/mol. The molecular weight excluding hydrogens is 214 g/mol. The fourth-order valence-corrected chi connectivity index (χ4v) is 1.71. The number of carbonyl (C=O) groups excluding carboxylic acids is 1. The lowest BCUT2D eigenvalue weighted by molar-refractivity contribution is -0.121. The molecule has 0 spiro atoms. The number of hydrogen-bond donors (Lipinski definition) is 2. The molecule has 0 fully saturated rings. The third-order valence-corrected chi connectivity index (χ3v) is 2.52. The molecule has 2 N–H and O–H groups in total. The van der Waals surface area contributed by atoms with Gasteiger partial charge in [-0.25, -0.2) is 4.98 Å². The zero-order valence-corrected chi connectivity index (χ0v) is 10.8. The SMILES string of the molecule is CC(C)NC(=O)CCCCCCc1n[c]c[nH]1. The smallest absolute Gasteiger partial charge is 0.220 e. The highest BCUT2D eigenvalue weighted by molar-refractivity contribution is 5.76. The van der Waals surface area contributed by atoms with Gasteiger partial charge in [-0.2, -0.15) is 0 Å². The van der Waals surface area contributed by atoms with Crippen LogP contribution in [0.2, 0.25) is 0 Å². The molecule has 1 amide bonds. The number of carbonyl (C=O) groups is 1. The van der Waals surface area contributed by atoms with Gasteiger partial charge in [0.15, 0.2) is 0 Å². The van der Waals surface area contributed by atoms with Crippen LogP contribution in [0.5, 0.6) is 0 Å². The van der Waals surface area contributed by atoms with Crippen LogP contribution in [0.1, 0.15) is 51.8 Å². The molecule has 0 bridgehead atoms. The van der Waals surface area contributed by atoms with Crippen molar-refractivity contribution in [3.8, 4) is 0 Å². The number of aromatic nitrogens is 2. The minimum absolute atomic E-state index is 0.167. The van der Waals surface area contributed by atoms with E-state index in [9.17, 15) is 4.79 Å². The van der Waals surface area contributed by atoms with Crippen LogP contribution in [0, 0.1) is 6.20 Å². The maximum absolute atomic E-state index is 11.3. The van der Waals surface area contributed by atoms with E-state index in [-0.39, 0.29) is 11.9 Å². The molecule has 4 heteroatoms. The first kappa shape index (κ1) is 13.7. The van der Waals surface area contributed by atoms with Crippen molar-refractivity contribution in [2.24, 2.45) is 0 Å². The minimum Gasteiger partial charge on any atom is -0.354 e. The summed E-state index contributed by atoms with van der Waals surface area (Å²) >= 11 is 0. The summed E-state index contributed by atoms with van der Waals surface area (Å²) in [5, 5.41) is 2.90. The standard InChI is InChI=1S/C13H22N3O/c1-11(2)16-13(17)8-6-4-3-5-7-12-14-9-10-15-12/h9,11H,3-8H2,1-2H3,(H,14,15)(H,16,17). The Morgan fingerprint density at radius 3 is 2.82 bits per heavy atom. The van der Waals surface area contributed by atoms with Gasteiger partial charge in [-0.3, -0.25) is 4.79 Å². The Kier molecular flexibility index (Phi) is 6.37. The van der Waals surface area contributed by atoms with Crippen molar-refractivity contribution >= 4 is 5.91 Å². The molecule has 0 saturated carbocycles. The second-order valence-electron chi connectivity index (χ2n) is 4.61. The van der Waals surface area contributed by atoms with Crippen molar-refractivity contribution in [3.05, 3.63) is 18.2 Å². The quantitative estimate of drug-likeness (QED) is 0.680. The van der Waals surface area contributed by atoms with Crippen LogP contribution >= 0.6 is 0 Å². The Balaban J connectivity index is 1.92. The maximum atomic E-state index is 11.3. The first-order valence-corrected chi connectivity index (χ1v) is 6.38. The molecule has 1 heterocycles. The van der Waals surface area contributed by atoms with Crippen LogP contribution in [0.25, 0.3) is 0 Å². The van der Waals surface area contributed by atoms with Crippen molar-refractivity contribution in [2.75, 3.05) is 0 Å². The van der Waals surface area contributed by atoms with Crippen molar-refractivity contribution in [2.45, 2.75) is 58.4 Å². The molecule has 1 aromatic heterocycles. The van der Waals surface area contributed by atoms with Crippen LogP contribution in [0.15, 0.2) is 6.20 Å². The molecule has 17 heavy (non-hydrogen) atoms. The van der Waals surface area contributed by atoms with Gasteiger partial charge in [-0.05, 0) is 26.7 Å². The molecule has 0 aromatic carbocycles. The molecule has 4 nitrogen and oxygen atoms in total. The Morgan fingerprint density at radius 1 is 1.41 bits per heavy atom. The molecule has 0 unspecified atom stereocenters. The van der Waals surface area contributed by atoms with E-state index in [1.54, 1.807) is 6.20 Å². The number of unbranched alkanes of at least 4 members (excludes halogenated alkanes) is 3. The molecule has 0 aliphatic heterocycles. The van der Waals surface area contributed by atoms with E-state index in [1.807, 2.05) is 13.8 Å². The molecule has 0 aliphatic carbocycles. The second kappa shape index (κ2) is 7.87. The van der Waals surface area contributed by atoms with Crippen LogP contribution < -0.4 is 5.32 Å². The Labute approximate surface area is 103 Å². The topological polar surface area (TPSA) is 57.8 Å². The fraction of sp³-hybridized carbons (Fsp3) is 0.692. The molecule has 1 radical (unpaired) electrons. The van der Waals surface area contributed by atoms with Gasteiger partial charge in [0.05, 0.1) is 0 Å². The second-order valence-corrected chi connectivity index (χ2v) is 4.61. The summed E-state index contributed by atoms with van der Waals surface area (Å²) in [6.45, 7) is 3.97. The predicted octanol–water partition coefficient (Wildman–Crippen LogP) is 2.23. The van der Waals surface area contributed by atoms with Gasteiger partial charge in [-0.1, -0.05) is 12.8 Å². The third-order valence-electron chi connectivity index (χ3n) is 2.52. The summed E-state index contributed by atoms with van der Waals surface area (Å²) in [5.41, 5.74) is 0. The summed E-state index contributed by atoms with van der Waals surface area (Å²) in [4.78, 5) is 18.4. The lowest BCUT2D eigenvalue weighted by Crippen LogP contribution is -2.29. The van der Waals surface area contributed by atoms with Gasteiger partial charge < -0.3 is 10.3 Å². The number of aryl methyl sites for hydroxylation is 1. The van der Waals surface area contributed by atoms with E-state index in [0.717, 1.165) is 37.9 Å². The number of imidazole rings is 1. The molecule has 1 aromatic rings. The Morgan fingerprint density at radius 2 is 2.18 bits per heavy atom. The van der Waals surface area contributed by atoms with Gasteiger partial charge in [-0.15, -0.1) is 0 Å². The number of H-pyrrole nitrogens is 1. The molecule has 95 valence electrons. The number of nitrogens with zero attached hydrogens (tertiary/aromatic N) is 1. The summed E-state index contributed by atoms with van der Waals surface area (Å²) in [7, 11) is 0. The monoisotopic (exact) mass is 236 g/mol. The lowest BCUT2D eigenvalue weighted by atomic mass is 10.1. The van der Waals surface area contributed by atoms with Crippen LogP contribution in [0.4, 0.5) is 0 Å². The molecule has 1 rings (SSSR count). The van der Waals surface area contributed by atoms with E-state index in [1.165, 1.54) is 0 Å². The number of hydrogen-bond acceptors (Lipinski definition) is 2. The Hall–Kier alpha value is -1.32. The van der Waals surface area contributed by atoms with Gasteiger partial charge in [0, 0.05) is 25.1 Å². The lowest BCUT2D eigenvalue weighted by Gasteiger charge is -2.07. The largest absolute Gasteiger partial charge is 0.354 e. The van der Waals surface area contributed by atoms with Crippen molar-refractivity contribution in [3.63, 3.8) is 0 Å². The van der Waals surface area contributed by atoms with E-state index in [0.29, 0.717) is 6.42 Å². The van der Waals surface area contributed by atoms with E-state index in [2.05, 4.69) is 21.5 Å². The maximum Gasteiger partial charge on any atom is 0.220 e. The normalized spacial score (nSPS) is 10.8. The van der Waals surface area contributed by atoms with E-state index < -0.39 is 0 Å². The van der Waals surface area contributed by atoms with Gasteiger partial charge in [0.1, 0.15) is 12.0 Å². The van der Waals surface area contributed by atoms with Crippen LogP contribution in [-0.4, -0.2) is 21.9 Å². The van der Waals surface area contributed by atoms with Crippen molar-refractivity contribution in [1.82, 2.24) is 15.3 Å². The van der Waals surface area contributed by atoms with Gasteiger partial charge in [0.25, 0.3) is 0 Å². The highest BCUT2D eigenvalue weighted by Crippen LogP contribution is 2.06. The minimum atomic E-state index is 0.167.